The minimum Gasteiger partial charge on any atom is -0.297 e. The predicted octanol–water partition coefficient (Wildman–Crippen LogP) is 1.77. The summed E-state index contributed by atoms with van der Waals surface area (Å²) in [6.07, 6.45) is 3.59. The lowest BCUT2D eigenvalue weighted by Crippen LogP contribution is -2.49. The highest BCUT2D eigenvalue weighted by Crippen LogP contribution is 2.21. The van der Waals surface area contributed by atoms with Crippen LogP contribution in [0, 0.1) is 12.8 Å². The first kappa shape index (κ1) is 16.8. The quantitative estimate of drug-likeness (QED) is 0.856. The zero-order valence-electron chi connectivity index (χ0n) is 14.9. The van der Waals surface area contributed by atoms with Gasteiger partial charge in [-0.15, -0.1) is 0 Å². The molecule has 0 N–H and O–H groups in total. The van der Waals surface area contributed by atoms with Gasteiger partial charge in [0.15, 0.2) is 0 Å². The Labute approximate surface area is 142 Å². The maximum Gasteiger partial charge on any atom is 0.266 e. The Morgan fingerprint density at radius 2 is 1.96 bits per heavy atom. The fourth-order valence-electron chi connectivity index (χ4n) is 2.97. The molecule has 0 spiro atoms. The van der Waals surface area contributed by atoms with Crippen LogP contribution in [0.25, 0.3) is 0 Å². The fraction of sp³-hybridized carbons (Fsp3) is 0.556. The molecule has 0 radical (unpaired) electrons. The lowest BCUT2D eigenvalue weighted by atomic mass is 9.92. The summed E-state index contributed by atoms with van der Waals surface area (Å²) in [4.78, 5) is 23.0. The zero-order chi connectivity index (χ0) is 17.3. The molecule has 6 heteroatoms. The molecule has 0 saturated carbocycles. The van der Waals surface area contributed by atoms with Crippen LogP contribution < -0.4 is 5.56 Å². The topological polar surface area (TPSA) is 63.9 Å². The lowest BCUT2D eigenvalue weighted by Gasteiger charge is -2.39. The molecule has 0 amide bonds. The van der Waals surface area contributed by atoms with E-state index in [1.165, 1.54) is 0 Å². The third-order valence-electron chi connectivity index (χ3n) is 4.29. The van der Waals surface area contributed by atoms with E-state index in [-0.39, 0.29) is 11.0 Å². The minimum absolute atomic E-state index is 0.0222. The van der Waals surface area contributed by atoms with Gasteiger partial charge in [-0.3, -0.25) is 19.7 Å². The number of likely N-dealkylation sites (tertiary alicyclic amines) is 1. The van der Waals surface area contributed by atoms with Crippen LogP contribution in [0.2, 0.25) is 0 Å². The van der Waals surface area contributed by atoms with Crippen LogP contribution in [0.3, 0.4) is 0 Å². The molecule has 0 unspecified atom stereocenters. The molecule has 128 valence electrons. The second kappa shape index (κ2) is 6.43. The predicted molar refractivity (Wildman–Crippen MR) is 92.7 cm³/mol. The Bertz CT molecular complexity index is 771. The van der Waals surface area contributed by atoms with Crippen molar-refractivity contribution >= 4 is 0 Å². The van der Waals surface area contributed by atoms with E-state index in [1.807, 2.05) is 19.2 Å². The fourth-order valence-corrected chi connectivity index (χ4v) is 2.97. The highest BCUT2D eigenvalue weighted by atomic mass is 16.1. The molecule has 0 atom stereocenters. The van der Waals surface area contributed by atoms with E-state index in [4.69, 9.17) is 0 Å². The lowest BCUT2D eigenvalue weighted by molar-refractivity contribution is 0.0749. The molecule has 0 aliphatic carbocycles. The van der Waals surface area contributed by atoms with E-state index < -0.39 is 0 Å². The van der Waals surface area contributed by atoms with Crippen molar-refractivity contribution in [3.05, 3.63) is 52.0 Å². The number of nitrogens with zero attached hydrogens (tertiary/aromatic N) is 5. The molecule has 1 fully saturated rings. The average molecular weight is 327 g/mol. The summed E-state index contributed by atoms with van der Waals surface area (Å²) in [5.74, 6) is 0.461. The van der Waals surface area contributed by atoms with Gasteiger partial charge in [0.2, 0.25) is 0 Å². The van der Waals surface area contributed by atoms with E-state index in [1.54, 1.807) is 16.9 Å². The molecule has 1 aliphatic heterocycles. The monoisotopic (exact) mass is 327 g/mol. The molecular weight excluding hydrogens is 302 g/mol. The standard InChI is InChI=1S/C18H25N5O/c1-13-7-19-8-15(20-13)12-22-9-14(10-22)11-23-17(24)6-5-16(21-23)18(2,3)4/h5-8,14H,9-12H2,1-4H3. The maximum atomic E-state index is 12.1. The van der Waals surface area contributed by atoms with Crippen LogP contribution in [0.5, 0.6) is 0 Å². The molecule has 1 aliphatic rings. The molecular formula is C18H25N5O. The van der Waals surface area contributed by atoms with Crippen molar-refractivity contribution in [2.24, 2.45) is 5.92 Å². The largest absolute Gasteiger partial charge is 0.297 e. The first-order valence-electron chi connectivity index (χ1n) is 8.40. The van der Waals surface area contributed by atoms with Gasteiger partial charge < -0.3 is 0 Å². The Morgan fingerprint density at radius 3 is 2.62 bits per heavy atom. The number of aryl methyl sites for hydroxylation is 1. The molecule has 1 saturated heterocycles. The Hall–Kier alpha value is -2.08. The van der Waals surface area contributed by atoms with Crippen molar-refractivity contribution in [1.29, 1.82) is 0 Å². The van der Waals surface area contributed by atoms with Crippen LogP contribution in [0.1, 0.15) is 37.9 Å². The number of aromatic nitrogens is 4. The summed E-state index contributed by atoms with van der Waals surface area (Å²) in [7, 11) is 0. The van der Waals surface area contributed by atoms with Gasteiger partial charge in [-0.25, -0.2) is 4.68 Å². The van der Waals surface area contributed by atoms with Crippen LogP contribution in [-0.4, -0.2) is 37.7 Å². The summed E-state index contributed by atoms with van der Waals surface area (Å²) in [6, 6.07) is 3.47. The smallest absolute Gasteiger partial charge is 0.266 e. The molecule has 0 aromatic carbocycles. The van der Waals surface area contributed by atoms with Crippen molar-refractivity contribution in [2.45, 2.75) is 46.2 Å². The van der Waals surface area contributed by atoms with E-state index >= 15 is 0 Å². The highest BCUT2D eigenvalue weighted by molar-refractivity contribution is 5.10. The van der Waals surface area contributed by atoms with Gasteiger partial charge in [0.1, 0.15) is 0 Å². The van der Waals surface area contributed by atoms with Crippen molar-refractivity contribution in [1.82, 2.24) is 24.6 Å². The minimum atomic E-state index is -0.0507. The SMILES string of the molecule is Cc1cncc(CN2CC(Cn3nc(C(C)(C)C)ccc3=O)C2)n1. The summed E-state index contributed by atoms with van der Waals surface area (Å²) in [5, 5.41) is 4.55. The third kappa shape index (κ3) is 3.87. The Morgan fingerprint density at radius 1 is 1.21 bits per heavy atom. The molecule has 2 aromatic rings. The summed E-state index contributed by atoms with van der Waals surface area (Å²) in [6.45, 7) is 11.7. The van der Waals surface area contributed by atoms with Gasteiger partial charge in [0, 0.05) is 49.4 Å². The van der Waals surface area contributed by atoms with Gasteiger partial charge in [0.05, 0.1) is 23.6 Å². The van der Waals surface area contributed by atoms with E-state index in [0.29, 0.717) is 12.5 Å². The molecule has 0 bridgehead atoms. The van der Waals surface area contributed by atoms with Crippen molar-refractivity contribution < 1.29 is 0 Å². The molecule has 24 heavy (non-hydrogen) atoms. The summed E-state index contributed by atoms with van der Waals surface area (Å²) < 4.78 is 1.62. The van der Waals surface area contributed by atoms with Gasteiger partial charge in [-0.2, -0.15) is 5.10 Å². The number of hydrogen-bond acceptors (Lipinski definition) is 5. The van der Waals surface area contributed by atoms with Crippen LogP contribution in [-0.2, 0) is 18.5 Å². The van der Waals surface area contributed by atoms with Crippen LogP contribution in [0.15, 0.2) is 29.3 Å². The van der Waals surface area contributed by atoms with E-state index in [9.17, 15) is 4.79 Å². The van der Waals surface area contributed by atoms with E-state index in [0.717, 1.165) is 36.7 Å². The van der Waals surface area contributed by atoms with Crippen molar-refractivity contribution in [3.63, 3.8) is 0 Å². The normalized spacial score (nSPS) is 16.2. The summed E-state index contributed by atoms with van der Waals surface area (Å²) >= 11 is 0. The van der Waals surface area contributed by atoms with Crippen LogP contribution >= 0.6 is 0 Å². The van der Waals surface area contributed by atoms with Gasteiger partial charge >= 0.3 is 0 Å². The second-order valence-electron chi connectivity index (χ2n) is 7.70. The number of rotatable bonds is 4. The van der Waals surface area contributed by atoms with Crippen molar-refractivity contribution in [2.75, 3.05) is 13.1 Å². The van der Waals surface area contributed by atoms with Gasteiger partial charge in [-0.05, 0) is 13.0 Å². The van der Waals surface area contributed by atoms with E-state index in [2.05, 4.69) is 40.7 Å². The highest BCUT2D eigenvalue weighted by Gasteiger charge is 2.28. The van der Waals surface area contributed by atoms with Gasteiger partial charge in [-0.1, -0.05) is 20.8 Å². The first-order valence-corrected chi connectivity index (χ1v) is 8.40. The first-order chi connectivity index (χ1) is 11.3. The molecule has 6 nitrogen and oxygen atoms in total. The molecule has 3 rings (SSSR count). The number of hydrogen-bond donors (Lipinski definition) is 0. The zero-order valence-corrected chi connectivity index (χ0v) is 14.9. The second-order valence-corrected chi connectivity index (χ2v) is 7.70. The third-order valence-corrected chi connectivity index (χ3v) is 4.29. The van der Waals surface area contributed by atoms with Gasteiger partial charge in [0.25, 0.3) is 5.56 Å². The van der Waals surface area contributed by atoms with Crippen molar-refractivity contribution in [3.8, 4) is 0 Å². The molecule has 3 heterocycles. The Balaban J connectivity index is 1.59. The van der Waals surface area contributed by atoms with Crippen LogP contribution in [0.4, 0.5) is 0 Å². The average Bonchev–Trinajstić information content (AvgIpc) is 2.46. The summed E-state index contributed by atoms with van der Waals surface area (Å²) in [5.41, 5.74) is 2.82. The Kier molecular flexibility index (Phi) is 4.49. The maximum absolute atomic E-state index is 12.1. The molecule has 2 aromatic heterocycles.